The average molecular weight is 287 g/mol. The molecule has 0 spiro atoms. The summed E-state index contributed by atoms with van der Waals surface area (Å²) in [5.41, 5.74) is 9.16. The minimum Gasteiger partial charge on any atom is -0.330 e. The van der Waals surface area contributed by atoms with Crippen molar-refractivity contribution in [3.05, 3.63) is 71.3 Å². The summed E-state index contributed by atoms with van der Waals surface area (Å²) in [6.45, 7) is 2.62. The van der Waals surface area contributed by atoms with Crippen LogP contribution >= 0.6 is 0 Å². The lowest BCUT2D eigenvalue weighted by Crippen LogP contribution is -2.14. The number of aryl methyl sites for hydroxylation is 1. The SMILES string of the molecule is Cc1ccccc1CS(=O)C(CCN)c1ccccc1. The topological polar surface area (TPSA) is 43.1 Å². The van der Waals surface area contributed by atoms with Gasteiger partial charge in [0.05, 0.1) is 5.25 Å². The highest BCUT2D eigenvalue weighted by Gasteiger charge is 2.18. The Kier molecular flexibility index (Phi) is 5.50. The lowest BCUT2D eigenvalue weighted by Gasteiger charge is -2.17. The van der Waals surface area contributed by atoms with Gasteiger partial charge in [-0.25, -0.2) is 0 Å². The molecule has 0 amide bonds. The van der Waals surface area contributed by atoms with Crippen molar-refractivity contribution in [2.24, 2.45) is 5.73 Å². The van der Waals surface area contributed by atoms with E-state index in [9.17, 15) is 4.21 Å². The van der Waals surface area contributed by atoms with Crippen LogP contribution in [0.5, 0.6) is 0 Å². The Bertz CT molecular complexity index is 568. The molecule has 2 atom stereocenters. The molecule has 2 nitrogen and oxygen atoms in total. The Balaban J connectivity index is 2.18. The maximum absolute atomic E-state index is 12.7. The van der Waals surface area contributed by atoms with Gasteiger partial charge in [0.1, 0.15) is 0 Å². The lowest BCUT2D eigenvalue weighted by atomic mass is 10.1. The van der Waals surface area contributed by atoms with E-state index in [1.165, 1.54) is 5.56 Å². The van der Waals surface area contributed by atoms with Gasteiger partial charge in [0.15, 0.2) is 0 Å². The quantitative estimate of drug-likeness (QED) is 0.885. The smallest absolute Gasteiger partial charge is 0.0612 e. The van der Waals surface area contributed by atoms with Crippen LogP contribution in [0.3, 0.4) is 0 Å². The molecule has 2 aromatic rings. The van der Waals surface area contributed by atoms with Crippen molar-refractivity contribution < 1.29 is 4.21 Å². The second-order valence-corrected chi connectivity index (χ2v) is 6.55. The fourth-order valence-electron chi connectivity index (χ4n) is 2.29. The largest absolute Gasteiger partial charge is 0.330 e. The van der Waals surface area contributed by atoms with E-state index in [-0.39, 0.29) is 5.25 Å². The molecule has 0 radical (unpaired) electrons. The number of hydrogen-bond donors (Lipinski definition) is 1. The van der Waals surface area contributed by atoms with Crippen LogP contribution in [0.4, 0.5) is 0 Å². The van der Waals surface area contributed by atoms with E-state index >= 15 is 0 Å². The number of nitrogens with two attached hydrogens (primary N) is 1. The summed E-state index contributed by atoms with van der Waals surface area (Å²) >= 11 is 0. The Morgan fingerprint density at radius 3 is 2.35 bits per heavy atom. The third-order valence-corrected chi connectivity index (χ3v) is 5.21. The van der Waals surface area contributed by atoms with Crippen LogP contribution in [-0.4, -0.2) is 10.8 Å². The summed E-state index contributed by atoms with van der Waals surface area (Å²) in [7, 11) is -0.950. The molecule has 0 fully saturated rings. The van der Waals surface area contributed by atoms with Gasteiger partial charge in [-0.05, 0) is 36.6 Å². The Hall–Kier alpha value is -1.45. The van der Waals surface area contributed by atoms with Crippen LogP contribution in [0.2, 0.25) is 0 Å². The summed E-state index contributed by atoms with van der Waals surface area (Å²) in [4.78, 5) is 0. The van der Waals surface area contributed by atoms with Gasteiger partial charge in [0.2, 0.25) is 0 Å². The molecular formula is C17H21NOS. The summed E-state index contributed by atoms with van der Waals surface area (Å²) in [5.74, 6) is 0.590. The van der Waals surface area contributed by atoms with Crippen LogP contribution in [0.25, 0.3) is 0 Å². The zero-order valence-corrected chi connectivity index (χ0v) is 12.6. The average Bonchev–Trinajstić information content (AvgIpc) is 2.48. The van der Waals surface area contributed by atoms with E-state index in [0.29, 0.717) is 12.3 Å². The molecule has 0 aliphatic carbocycles. The van der Waals surface area contributed by atoms with Crippen LogP contribution in [0.1, 0.15) is 28.4 Å². The zero-order chi connectivity index (χ0) is 14.4. The molecule has 20 heavy (non-hydrogen) atoms. The molecule has 2 rings (SSSR count). The monoisotopic (exact) mass is 287 g/mol. The van der Waals surface area contributed by atoms with Crippen molar-refractivity contribution in [1.82, 2.24) is 0 Å². The highest BCUT2D eigenvalue weighted by Crippen LogP contribution is 2.26. The summed E-state index contributed by atoms with van der Waals surface area (Å²) < 4.78 is 12.7. The predicted octanol–water partition coefficient (Wildman–Crippen LogP) is 3.33. The van der Waals surface area contributed by atoms with Crippen molar-refractivity contribution in [3.63, 3.8) is 0 Å². The fraction of sp³-hybridized carbons (Fsp3) is 0.294. The first-order chi connectivity index (χ1) is 9.72. The number of hydrogen-bond acceptors (Lipinski definition) is 2. The molecule has 0 heterocycles. The molecule has 0 aliphatic rings. The Morgan fingerprint density at radius 1 is 1.05 bits per heavy atom. The standard InChI is InChI=1S/C17H21NOS/c1-14-7-5-6-10-16(14)13-20(19)17(11-12-18)15-8-3-2-4-9-15/h2-10,17H,11-13,18H2,1H3. The van der Waals surface area contributed by atoms with E-state index < -0.39 is 10.8 Å². The number of rotatable bonds is 6. The maximum atomic E-state index is 12.7. The van der Waals surface area contributed by atoms with Gasteiger partial charge in [0, 0.05) is 16.6 Å². The van der Waals surface area contributed by atoms with E-state index in [1.807, 2.05) is 42.5 Å². The van der Waals surface area contributed by atoms with Gasteiger partial charge in [-0.3, -0.25) is 4.21 Å². The van der Waals surface area contributed by atoms with Crippen LogP contribution in [0.15, 0.2) is 54.6 Å². The van der Waals surface area contributed by atoms with Gasteiger partial charge >= 0.3 is 0 Å². The number of benzene rings is 2. The summed E-state index contributed by atoms with van der Waals surface area (Å²) in [6.07, 6.45) is 0.752. The summed E-state index contributed by atoms with van der Waals surface area (Å²) in [5, 5.41) is 0.0146. The minimum atomic E-state index is -0.950. The second kappa shape index (κ2) is 7.36. The van der Waals surface area contributed by atoms with E-state index in [4.69, 9.17) is 5.73 Å². The third kappa shape index (κ3) is 3.78. The van der Waals surface area contributed by atoms with E-state index in [0.717, 1.165) is 17.5 Å². The van der Waals surface area contributed by atoms with E-state index in [1.54, 1.807) is 0 Å². The van der Waals surface area contributed by atoms with Gasteiger partial charge in [-0.1, -0.05) is 54.6 Å². The van der Waals surface area contributed by atoms with Gasteiger partial charge in [0.25, 0.3) is 0 Å². The molecular weight excluding hydrogens is 266 g/mol. The first kappa shape index (κ1) is 14.9. The normalized spacial score (nSPS) is 13.9. The van der Waals surface area contributed by atoms with Crippen LogP contribution < -0.4 is 5.73 Å². The maximum Gasteiger partial charge on any atom is 0.0612 e. The van der Waals surface area contributed by atoms with Crippen molar-refractivity contribution in [2.75, 3.05) is 6.54 Å². The predicted molar refractivity (Wildman–Crippen MR) is 85.9 cm³/mol. The molecule has 2 unspecified atom stereocenters. The van der Waals surface area contributed by atoms with Crippen molar-refractivity contribution in [2.45, 2.75) is 24.3 Å². The molecule has 0 saturated carbocycles. The van der Waals surface area contributed by atoms with Crippen molar-refractivity contribution >= 4 is 10.8 Å². The Morgan fingerprint density at radius 2 is 1.70 bits per heavy atom. The van der Waals surface area contributed by atoms with Gasteiger partial charge in [-0.2, -0.15) is 0 Å². The minimum absolute atomic E-state index is 0.0146. The third-order valence-electron chi connectivity index (χ3n) is 3.48. The Labute approximate surface area is 123 Å². The van der Waals surface area contributed by atoms with Crippen LogP contribution in [0, 0.1) is 6.92 Å². The van der Waals surface area contributed by atoms with Crippen LogP contribution in [-0.2, 0) is 16.6 Å². The van der Waals surface area contributed by atoms with Gasteiger partial charge < -0.3 is 5.73 Å². The molecule has 3 heteroatoms. The molecule has 2 N–H and O–H groups in total. The van der Waals surface area contributed by atoms with Gasteiger partial charge in [-0.15, -0.1) is 0 Å². The molecule has 0 aliphatic heterocycles. The molecule has 0 bridgehead atoms. The lowest BCUT2D eigenvalue weighted by molar-refractivity contribution is 0.663. The van der Waals surface area contributed by atoms with E-state index in [2.05, 4.69) is 19.1 Å². The molecule has 0 saturated heterocycles. The highest BCUT2D eigenvalue weighted by molar-refractivity contribution is 7.84. The highest BCUT2D eigenvalue weighted by atomic mass is 32.2. The first-order valence-corrected chi connectivity index (χ1v) is 8.27. The van der Waals surface area contributed by atoms with Crippen molar-refractivity contribution in [3.8, 4) is 0 Å². The zero-order valence-electron chi connectivity index (χ0n) is 11.8. The molecule has 106 valence electrons. The molecule has 0 aromatic heterocycles. The van der Waals surface area contributed by atoms with Crippen molar-refractivity contribution in [1.29, 1.82) is 0 Å². The summed E-state index contributed by atoms with van der Waals surface area (Å²) in [6, 6.07) is 18.2. The fourth-order valence-corrected chi connectivity index (χ4v) is 3.99. The molecule has 2 aromatic carbocycles. The second-order valence-electron chi connectivity index (χ2n) is 4.93. The first-order valence-electron chi connectivity index (χ1n) is 6.89.